The van der Waals surface area contributed by atoms with Gasteiger partial charge in [-0.15, -0.1) is 23.5 Å². The molecule has 4 heteroatoms. The number of thioether (sulfide) groups is 2. The van der Waals surface area contributed by atoms with E-state index < -0.39 is 0 Å². The molecule has 0 aromatic heterocycles. The van der Waals surface area contributed by atoms with Gasteiger partial charge in [0.15, 0.2) is 0 Å². The van der Waals surface area contributed by atoms with Gasteiger partial charge in [-0.1, -0.05) is 0 Å². The zero-order valence-corrected chi connectivity index (χ0v) is 6.62. The highest BCUT2D eigenvalue weighted by atomic mass is 32.2. The Kier molecular flexibility index (Phi) is 3.47. The molecule has 1 aliphatic heterocycles. The first-order chi connectivity index (χ1) is 4.43. The van der Waals surface area contributed by atoms with E-state index in [4.69, 9.17) is 5.11 Å². The highest BCUT2D eigenvalue weighted by molar-refractivity contribution is 8.24. The summed E-state index contributed by atoms with van der Waals surface area (Å²) in [6.07, 6.45) is 0.876. The third-order valence-corrected chi connectivity index (χ3v) is 3.44. The molecule has 0 bridgehead atoms. The van der Waals surface area contributed by atoms with Gasteiger partial charge in [-0.2, -0.15) is 0 Å². The molecule has 0 saturated carbocycles. The second kappa shape index (κ2) is 4.19. The lowest BCUT2D eigenvalue weighted by molar-refractivity contribution is 0.294. The average Bonchev–Trinajstić information content (AvgIpc) is 1.91. The van der Waals surface area contributed by atoms with E-state index in [9.17, 15) is 0 Å². The van der Waals surface area contributed by atoms with Gasteiger partial charge in [0.05, 0.1) is 16.0 Å². The molecule has 2 nitrogen and oxygen atoms in total. The van der Waals surface area contributed by atoms with Crippen molar-refractivity contribution in [1.82, 2.24) is 0 Å². The van der Waals surface area contributed by atoms with Crippen LogP contribution in [0.25, 0.3) is 0 Å². The number of aliphatic hydroxyl groups is 1. The van der Waals surface area contributed by atoms with E-state index in [-0.39, 0.29) is 0 Å². The molecule has 9 heavy (non-hydrogen) atoms. The molecule has 0 aromatic carbocycles. The summed E-state index contributed by atoms with van der Waals surface area (Å²) in [5.41, 5.74) is 1.87. The maximum Gasteiger partial charge on any atom is 0.0861 e. The molecule has 1 unspecified atom stereocenters. The van der Waals surface area contributed by atoms with Gasteiger partial charge in [-0.3, -0.25) is 4.99 Å². The molecule has 0 amide bonds. The number of hydrogen-bond donors (Lipinski definition) is 1. The summed E-state index contributed by atoms with van der Waals surface area (Å²) in [5, 5.41) is 8.55. The van der Waals surface area contributed by atoms with Gasteiger partial charge >= 0.3 is 0 Å². The van der Waals surface area contributed by atoms with Crippen LogP contribution in [0.4, 0.5) is 0 Å². The van der Waals surface area contributed by atoms with Crippen molar-refractivity contribution in [3.8, 4) is 0 Å². The third kappa shape index (κ3) is 2.60. The zero-order chi connectivity index (χ0) is 6.53. The molecular weight excluding hydrogens is 154 g/mol. The van der Waals surface area contributed by atoms with Crippen LogP contribution in [0, 0.1) is 0 Å². The standard InChI is InChI=1S/C5H9NOS2/c7-2-1-5-8-3-6-4-9-5/h3,5,7H,1-2,4H2. The van der Waals surface area contributed by atoms with E-state index >= 15 is 0 Å². The minimum atomic E-state index is 0.290. The van der Waals surface area contributed by atoms with E-state index in [0.29, 0.717) is 11.2 Å². The van der Waals surface area contributed by atoms with E-state index in [1.54, 1.807) is 23.5 Å². The van der Waals surface area contributed by atoms with Gasteiger partial charge in [0, 0.05) is 6.61 Å². The van der Waals surface area contributed by atoms with Crippen LogP contribution in [0.2, 0.25) is 0 Å². The summed E-state index contributed by atoms with van der Waals surface area (Å²) in [6, 6.07) is 0. The monoisotopic (exact) mass is 163 g/mol. The first-order valence-corrected chi connectivity index (χ1v) is 4.79. The Morgan fingerprint density at radius 2 is 2.67 bits per heavy atom. The minimum absolute atomic E-state index is 0.290. The molecule has 0 spiro atoms. The average molecular weight is 163 g/mol. The summed E-state index contributed by atoms with van der Waals surface area (Å²) < 4.78 is 0.535. The SMILES string of the molecule is OCCC1SC=NCS1. The van der Waals surface area contributed by atoms with E-state index in [2.05, 4.69) is 4.99 Å². The van der Waals surface area contributed by atoms with Gasteiger partial charge in [-0.25, -0.2) is 0 Å². The fraction of sp³-hybridized carbons (Fsp3) is 0.800. The van der Waals surface area contributed by atoms with Gasteiger partial charge in [0.25, 0.3) is 0 Å². The largest absolute Gasteiger partial charge is 0.396 e. The van der Waals surface area contributed by atoms with Crippen LogP contribution in [-0.2, 0) is 0 Å². The number of nitrogens with zero attached hydrogens (tertiary/aromatic N) is 1. The van der Waals surface area contributed by atoms with Gasteiger partial charge in [0.1, 0.15) is 0 Å². The summed E-state index contributed by atoms with van der Waals surface area (Å²) in [5.74, 6) is 0.859. The number of aliphatic hydroxyl groups excluding tert-OH is 1. The van der Waals surface area contributed by atoms with Gasteiger partial charge < -0.3 is 5.11 Å². The van der Waals surface area contributed by atoms with Crippen LogP contribution in [0.15, 0.2) is 4.99 Å². The van der Waals surface area contributed by atoms with Crippen molar-refractivity contribution in [2.24, 2.45) is 4.99 Å². The Morgan fingerprint density at radius 1 is 1.78 bits per heavy atom. The van der Waals surface area contributed by atoms with Crippen molar-refractivity contribution in [3.05, 3.63) is 0 Å². The summed E-state index contributed by atoms with van der Waals surface area (Å²) in [4.78, 5) is 4.03. The van der Waals surface area contributed by atoms with Crippen molar-refractivity contribution in [2.75, 3.05) is 12.5 Å². The molecule has 1 aliphatic rings. The first-order valence-electron chi connectivity index (χ1n) is 2.79. The second-order valence-electron chi connectivity index (χ2n) is 1.66. The molecular formula is C5H9NOS2. The van der Waals surface area contributed by atoms with Crippen LogP contribution in [0.1, 0.15) is 6.42 Å². The lowest BCUT2D eigenvalue weighted by Crippen LogP contribution is -2.03. The van der Waals surface area contributed by atoms with Crippen LogP contribution >= 0.6 is 23.5 Å². The van der Waals surface area contributed by atoms with Crippen molar-refractivity contribution < 1.29 is 5.11 Å². The van der Waals surface area contributed by atoms with Crippen LogP contribution in [0.3, 0.4) is 0 Å². The molecule has 52 valence electrons. The fourth-order valence-electron chi connectivity index (χ4n) is 0.564. The van der Waals surface area contributed by atoms with E-state index in [1.807, 2.05) is 5.55 Å². The Balaban J connectivity index is 2.18. The molecule has 0 saturated heterocycles. The number of hydrogen-bond acceptors (Lipinski definition) is 4. The molecule has 1 heterocycles. The zero-order valence-electron chi connectivity index (χ0n) is 4.99. The molecule has 1 rings (SSSR count). The van der Waals surface area contributed by atoms with Crippen LogP contribution < -0.4 is 0 Å². The van der Waals surface area contributed by atoms with Crippen LogP contribution in [-0.4, -0.2) is 27.7 Å². The molecule has 0 radical (unpaired) electrons. The normalized spacial score (nSPS) is 26.6. The van der Waals surface area contributed by atoms with Crippen molar-refractivity contribution >= 4 is 29.1 Å². The summed E-state index contributed by atoms with van der Waals surface area (Å²) in [7, 11) is 0. The predicted octanol–water partition coefficient (Wildman–Crippen LogP) is 1.16. The van der Waals surface area contributed by atoms with Crippen molar-refractivity contribution in [1.29, 1.82) is 0 Å². The Bertz CT molecular complexity index is 107. The lowest BCUT2D eigenvalue weighted by atomic mass is 10.5. The number of rotatable bonds is 2. The Labute approximate surface area is 63.1 Å². The van der Waals surface area contributed by atoms with E-state index in [0.717, 1.165) is 12.3 Å². The maximum absolute atomic E-state index is 8.55. The molecule has 1 N–H and O–H groups in total. The highest BCUT2D eigenvalue weighted by Gasteiger charge is 2.09. The maximum atomic E-state index is 8.55. The molecule has 0 aliphatic carbocycles. The lowest BCUT2D eigenvalue weighted by Gasteiger charge is -2.13. The minimum Gasteiger partial charge on any atom is -0.396 e. The van der Waals surface area contributed by atoms with Crippen molar-refractivity contribution in [2.45, 2.75) is 11.0 Å². The van der Waals surface area contributed by atoms with E-state index in [1.165, 1.54) is 0 Å². The molecule has 0 fully saturated rings. The van der Waals surface area contributed by atoms with Crippen molar-refractivity contribution in [3.63, 3.8) is 0 Å². The quantitative estimate of drug-likeness (QED) is 0.663. The summed E-state index contributed by atoms with van der Waals surface area (Å²) in [6.45, 7) is 0.290. The highest BCUT2D eigenvalue weighted by Crippen LogP contribution is 2.28. The van der Waals surface area contributed by atoms with Gasteiger partial charge in [0.2, 0.25) is 0 Å². The molecule has 1 atom stereocenters. The van der Waals surface area contributed by atoms with Crippen LogP contribution in [0.5, 0.6) is 0 Å². The second-order valence-corrected chi connectivity index (χ2v) is 4.17. The Hall–Kier alpha value is 0.330. The summed E-state index contributed by atoms with van der Waals surface area (Å²) >= 11 is 3.49. The fourth-order valence-corrected chi connectivity index (χ4v) is 2.44. The predicted molar refractivity (Wildman–Crippen MR) is 44.0 cm³/mol. The van der Waals surface area contributed by atoms with Gasteiger partial charge in [-0.05, 0) is 6.42 Å². The topological polar surface area (TPSA) is 32.6 Å². The number of aliphatic imine (C=N–C) groups is 1. The third-order valence-electron chi connectivity index (χ3n) is 0.987. The first kappa shape index (κ1) is 7.44. The smallest absolute Gasteiger partial charge is 0.0861 e. The molecule has 0 aromatic rings. The Morgan fingerprint density at radius 3 is 3.22 bits per heavy atom.